The average molecular weight is 1250 g/mol. The zero-order valence-corrected chi connectivity index (χ0v) is 54.7. The lowest BCUT2D eigenvalue weighted by Gasteiger charge is -2.26. The second kappa shape index (κ2) is 29.9. The molecule has 18 nitrogen and oxygen atoms in total. The first kappa shape index (κ1) is 66.7. The molecule has 0 saturated heterocycles. The van der Waals surface area contributed by atoms with Crippen molar-refractivity contribution in [2.45, 2.75) is 107 Å². The fourth-order valence-electron chi connectivity index (χ4n) is 11.3. The molecule has 0 unspecified atom stereocenters. The van der Waals surface area contributed by atoms with Gasteiger partial charge in [0.15, 0.2) is 5.58 Å². The number of aromatic amines is 3. The smallest absolute Gasteiger partial charge is 0.419 e. The first-order chi connectivity index (χ1) is 44.5. The molecule has 7 heterocycles. The van der Waals surface area contributed by atoms with Crippen molar-refractivity contribution in [3.63, 3.8) is 0 Å². The Balaban J connectivity index is 0.000000125. The Morgan fingerprint density at radius 2 is 1.00 bits per heavy atom. The van der Waals surface area contributed by atoms with Crippen molar-refractivity contribution in [2.24, 2.45) is 14.1 Å². The van der Waals surface area contributed by atoms with Crippen LogP contribution in [0.4, 0.5) is 10.5 Å². The Kier molecular flexibility index (Phi) is 21.4. The third kappa shape index (κ3) is 17.2. The van der Waals surface area contributed by atoms with Crippen LogP contribution in [0.2, 0.25) is 0 Å². The van der Waals surface area contributed by atoms with Crippen LogP contribution in [0.15, 0.2) is 164 Å². The van der Waals surface area contributed by atoms with Crippen LogP contribution in [0.5, 0.6) is 5.75 Å². The summed E-state index contributed by atoms with van der Waals surface area (Å²) in [6.45, 7) is 18.3. The highest BCUT2D eigenvalue weighted by atomic mass is 16.5. The number of rotatable bonds is 0. The number of aromatic nitrogens is 5. The fourth-order valence-corrected chi connectivity index (χ4v) is 11.3. The van der Waals surface area contributed by atoms with E-state index in [1.165, 1.54) is 62.8 Å². The van der Waals surface area contributed by atoms with Gasteiger partial charge in [0.05, 0.1) is 45.9 Å². The van der Waals surface area contributed by atoms with Gasteiger partial charge in [-0.15, -0.1) is 0 Å². The van der Waals surface area contributed by atoms with Gasteiger partial charge in [0.2, 0.25) is 5.91 Å². The second-order valence-electron chi connectivity index (χ2n) is 24.2. The molecule has 11 aromatic rings. The number of carbonyl (C=O) groups is 4. The highest BCUT2D eigenvalue weighted by molar-refractivity contribution is 5.97. The molecule has 1 aliphatic carbocycles. The minimum absolute atomic E-state index is 0.0208. The number of carbonyl (C=O) groups excluding carboxylic acids is 4. The molecule has 6 N–H and O–H groups in total. The first-order valence-corrected chi connectivity index (χ1v) is 31.1. The molecule has 0 atom stereocenters. The SMILES string of the molecule is Cc1ccc2c(=O)[nH][nH]c2c1.Cc1ccc2c(=O)[nH]n(C)c2c1.Cc1ccc2c(c1)C(=O)NCC2.Cc1ccc2c(c1)CCC2.Cc1ccc2c(c1)CNC(=O)C2.Cc1ccc2c(c1)N(C)C(=O)NC2.Cc1ccc2c(c1)OC(=O)C2.Cc1ccc2oc(=O)n(C)c2c1. The van der Waals surface area contributed by atoms with Crippen molar-refractivity contribution in [2.75, 3.05) is 18.5 Å². The average Bonchev–Trinajstić information content (AvgIpc) is 1.85. The summed E-state index contributed by atoms with van der Waals surface area (Å²) < 4.78 is 13.2. The lowest BCUT2D eigenvalue weighted by Crippen LogP contribution is -2.41. The quantitative estimate of drug-likeness (QED) is 0.0624. The number of fused-ring (bicyclic) bond motifs is 8. The second-order valence-corrected chi connectivity index (χ2v) is 24.2. The lowest BCUT2D eigenvalue weighted by atomic mass is 9.98. The van der Waals surface area contributed by atoms with E-state index in [4.69, 9.17) is 9.15 Å². The molecule has 93 heavy (non-hydrogen) atoms. The predicted octanol–water partition coefficient (Wildman–Crippen LogP) is 11.8. The lowest BCUT2D eigenvalue weighted by molar-refractivity contribution is -0.131. The summed E-state index contributed by atoms with van der Waals surface area (Å²) in [5.41, 5.74) is 23.6. The van der Waals surface area contributed by atoms with Crippen LogP contribution in [0.25, 0.3) is 32.9 Å². The number of hydrogen-bond acceptors (Lipinski definition) is 9. The van der Waals surface area contributed by atoms with Gasteiger partial charge in [0.25, 0.3) is 17.0 Å². The Labute approximate surface area is 540 Å². The van der Waals surface area contributed by atoms with E-state index in [9.17, 15) is 33.6 Å². The molecule has 0 bridgehead atoms. The molecule has 3 aromatic heterocycles. The third-order valence-corrected chi connectivity index (χ3v) is 16.5. The number of H-pyrrole nitrogens is 3. The van der Waals surface area contributed by atoms with E-state index in [1.807, 2.05) is 146 Å². The van der Waals surface area contributed by atoms with E-state index in [-0.39, 0.29) is 40.7 Å². The van der Waals surface area contributed by atoms with Gasteiger partial charge in [-0.05, 0) is 197 Å². The van der Waals surface area contributed by atoms with E-state index < -0.39 is 0 Å². The third-order valence-electron chi connectivity index (χ3n) is 16.5. The summed E-state index contributed by atoms with van der Waals surface area (Å²) in [6.07, 6.45) is 5.89. The van der Waals surface area contributed by atoms with Gasteiger partial charge in [-0.2, -0.15) is 0 Å². The summed E-state index contributed by atoms with van der Waals surface area (Å²) in [5, 5.41) is 17.9. The number of esters is 1. The molecule has 4 aliphatic heterocycles. The summed E-state index contributed by atoms with van der Waals surface area (Å²) in [6, 6.07) is 48.2. The number of aryl methyl sites for hydroxylation is 12. The molecule has 16 rings (SSSR count). The van der Waals surface area contributed by atoms with E-state index in [2.05, 4.69) is 93.6 Å². The van der Waals surface area contributed by atoms with Gasteiger partial charge in [-0.3, -0.25) is 53.4 Å². The number of nitrogens with zero attached hydrogens (tertiary/aromatic N) is 3. The van der Waals surface area contributed by atoms with Crippen LogP contribution < -0.4 is 42.5 Å². The number of hydrogen-bond donors (Lipinski definition) is 6. The monoisotopic (exact) mass is 1250 g/mol. The Morgan fingerprint density at radius 3 is 1.73 bits per heavy atom. The highest BCUT2D eigenvalue weighted by Gasteiger charge is 2.21. The summed E-state index contributed by atoms with van der Waals surface area (Å²) in [4.78, 5) is 79.3. The zero-order valence-electron chi connectivity index (χ0n) is 54.7. The maximum Gasteiger partial charge on any atom is 0.419 e. The molecular formula is C75H81N9O9. The summed E-state index contributed by atoms with van der Waals surface area (Å²) >= 11 is 0. The number of oxazole rings is 1. The topological polar surface area (TPSA) is 238 Å². The van der Waals surface area contributed by atoms with Crippen molar-refractivity contribution < 1.29 is 28.3 Å². The zero-order chi connectivity index (χ0) is 66.6. The molecule has 0 radical (unpaired) electrons. The van der Waals surface area contributed by atoms with Gasteiger partial charge >= 0.3 is 17.8 Å². The fraction of sp³-hybridized carbons (Fsp3) is 0.267. The highest BCUT2D eigenvalue weighted by Crippen LogP contribution is 2.27. The molecule has 0 fully saturated rings. The van der Waals surface area contributed by atoms with E-state index in [0.717, 1.165) is 90.7 Å². The van der Waals surface area contributed by atoms with Crippen LogP contribution in [-0.2, 0) is 68.9 Å². The molecule has 4 amide bonds. The maximum atomic E-state index is 11.3. The summed E-state index contributed by atoms with van der Waals surface area (Å²) in [7, 11) is 5.32. The Hall–Kier alpha value is -10.8. The minimum Gasteiger partial charge on any atom is -0.426 e. The van der Waals surface area contributed by atoms with Crippen molar-refractivity contribution in [3.8, 4) is 5.75 Å². The predicted molar refractivity (Wildman–Crippen MR) is 368 cm³/mol. The van der Waals surface area contributed by atoms with Crippen LogP contribution in [0.3, 0.4) is 0 Å². The molecule has 5 aliphatic rings. The molecule has 8 aromatic carbocycles. The molecule has 480 valence electrons. The number of benzene rings is 8. The molecule has 18 heteroatoms. The standard InChI is InChI=1S/C10H12N2O.2C10H11NO.C10H12.C9H10N2O.C9H9NO2.C9H8O2.C8H8N2O/c1-7-3-4-8-6-11-10(13)12(2)9(8)5-7;1-7-2-3-8-5-10(12)11-6-9(8)4-7;1-7-2-3-8-4-5-11-10(12)9(8)6-7;1-8-5-6-9-3-2-4-10(9)7-8;1-6-3-4-7-8(5-6)11(2)10-9(7)12;1-6-3-4-8-7(5-6)10(2)9(11)12-8;1-6-2-3-7-5-9(10)11-8(7)4-6;1-5-2-3-6-7(4-5)9-10-8(6)11/h3-5H,6H2,1-2H3,(H,11,13);2-4H,5-6H2,1H3,(H,11,12);2-3,6H,4-5H2,1H3,(H,11,12);5-7H,2-4H2,1H3;3-5H,1-2H3,(H,10,12);3-5H,1-2H3;2-4H,5H2,1H3;2-4H,1H3,(H2,9,10,11). The number of anilines is 1. The Morgan fingerprint density at radius 1 is 0.441 bits per heavy atom. The molecule has 0 spiro atoms. The first-order valence-electron chi connectivity index (χ1n) is 31.1. The minimum atomic E-state index is -0.310. The Bertz CT molecular complexity index is 4760. The molecule has 0 saturated carbocycles. The van der Waals surface area contributed by atoms with Crippen molar-refractivity contribution in [1.29, 1.82) is 0 Å². The van der Waals surface area contributed by atoms with Crippen molar-refractivity contribution in [1.82, 2.24) is 40.5 Å². The van der Waals surface area contributed by atoms with Crippen LogP contribution >= 0.6 is 0 Å². The van der Waals surface area contributed by atoms with Gasteiger partial charge in [0.1, 0.15) is 5.75 Å². The van der Waals surface area contributed by atoms with Crippen molar-refractivity contribution >= 4 is 62.4 Å². The number of amides is 4. The van der Waals surface area contributed by atoms with Gasteiger partial charge < -0.3 is 25.1 Å². The van der Waals surface area contributed by atoms with Gasteiger partial charge in [-0.1, -0.05) is 108 Å². The molecular weight excluding hydrogens is 1170 g/mol. The largest absolute Gasteiger partial charge is 0.426 e. The van der Waals surface area contributed by atoms with E-state index in [1.54, 1.807) is 34.8 Å². The van der Waals surface area contributed by atoms with Crippen LogP contribution in [0.1, 0.15) is 100 Å². The van der Waals surface area contributed by atoms with E-state index >= 15 is 0 Å². The van der Waals surface area contributed by atoms with Crippen molar-refractivity contribution in [3.05, 3.63) is 266 Å². The number of urea groups is 1. The number of ether oxygens (including phenoxy) is 1. The van der Waals surface area contributed by atoms with Gasteiger partial charge in [-0.25, -0.2) is 9.59 Å². The maximum absolute atomic E-state index is 11.3. The normalized spacial score (nSPS) is 13.5. The summed E-state index contributed by atoms with van der Waals surface area (Å²) in [5.74, 6) is 0.475. The van der Waals surface area contributed by atoms with Crippen LogP contribution in [-0.4, -0.2) is 62.0 Å². The van der Waals surface area contributed by atoms with Gasteiger partial charge in [0, 0.05) is 51.9 Å². The number of nitrogens with one attached hydrogen (secondary N) is 6. The van der Waals surface area contributed by atoms with E-state index in [0.29, 0.717) is 31.5 Å². The van der Waals surface area contributed by atoms with Crippen LogP contribution in [0, 0.1) is 55.4 Å².